The van der Waals surface area contributed by atoms with Gasteiger partial charge in [-0.2, -0.15) is 0 Å². The molecule has 1 aromatic rings. The normalized spacial score (nSPS) is 13.6. The minimum absolute atomic E-state index is 0.134. The topological polar surface area (TPSA) is 99.2 Å². The maximum atomic E-state index is 12.1. The van der Waals surface area contributed by atoms with E-state index in [1.54, 1.807) is 12.1 Å². The first-order valence-corrected chi connectivity index (χ1v) is 6.03. The Hall–Kier alpha value is -3.03. The van der Waals surface area contributed by atoms with E-state index in [4.69, 9.17) is 4.84 Å². The largest absolute Gasteiger partial charge is 0.540 e. The average Bonchev–Trinajstić information content (AvgIpc) is 2.78. The van der Waals surface area contributed by atoms with Gasteiger partial charge in [-0.25, -0.2) is 9.59 Å². The smallest absolute Gasteiger partial charge is 0.359 e. The van der Waals surface area contributed by atoms with Gasteiger partial charge in [-0.05, 0) is 12.1 Å². The van der Waals surface area contributed by atoms with Crippen LogP contribution in [-0.2, 0) is 23.7 Å². The van der Waals surface area contributed by atoms with Crippen LogP contribution < -0.4 is 0 Å². The number of amides is 2. The maximum Gasteiger partial charge on any atom is 0.359 e. The van der Waals surface area contributed by atoms with Crippen molar-refractivity contribution in [1.82, 2.24) is 5.06 Å². The molecule has 8 nitrogen and oxygen atoms in total. The van der Waals surface area contributed by atoms with Crippen molar-refractivity contribution >= 4 is 39.9 Å². The molecule has 0 fully saturated rings. The second-order valence-electron chi connectivity index (χ2n) is 4.06. The standard InChI is InChI=1S/C12H9B2NO7/c13-20-9(16)5-8(12(19)21-14)22-15-10(17)6-3-1-2-4-7(6)11(15)18/h1-5H,13-14H2/b8-5+. The van der Waals surface area contributed by atoms with Crippen LogP contribution in [0.1, 0.15) is 20.7 Å². The minimum atomic E-state index is -1.04. The van der Waals surface area contributed by atoms with E-state index in [1.165, 1.54) is 12.1 Å². The van der Waals surface area contributed by atoms with Crippen LogP contribution in [0, 0.1) is 0 Å². The van der Waals surface area contributed by atoms with E-state index >= 15 is 0 Å². The molecular weight excluding hydrogens is 292 g/mol. The minimum Gasteiger partial charge on any atom is -0.540 e. The molecule has 0 saturated carbocycles. The SMILES string of the molecule is BOC(=O)/C=C(/ON1C(=O)c2ccccc2C1=O)C(=O)OB. The summed E-state index contributed by atoms with van der Waals surface area (Å²) in [5, 5.41) is 0.385. The molecule has 1 aliphatic rings. The highest BCUT2D eigenvalue weighted by atomic mass is 16.7. The number of benzene rings is 1. The molecule has 22 heavy (non-hydrogen) atoms. The number of carbonyl (C=O) groups excluding carboxylic acids is 4. The Labute approximate surface area is 126 Å². The van der Waals surface area contributed by atoms with Crippen LogP contribution in [0.3, 0.4) is 0 Å². The van der Waals surface area contributed by atoms with Gasteiger partial charge in [-0.3, -0.25) is 9.59 Å². The third-order valence-electron chi connectivity index (χ3n) is 2.78. The zero-order valence-corrected chi connectivity index (χ0v) is 11.7. The van der Waals surface area contributed by atoms with Crippen LogP contribution in [-0.4, -0.2) is 44.9 Å². The predicted octanol–water partition coefficient (Wildman–Crippen LogP) is -1.72. The lowest BCUT2D eigenvalue weighted by Gasteiger charge is -2.15. The molecule has 1 aliphatic heterocycles. The Kier molecular flexibility index (Phi) is 4.31. The van der Waals surface area contributed by atoms with E-state index in [1.807, 2.05) is 0 Å². The number of hydroxylamine groups is 2. The number of rotatable bonds is 4. The molecule has 10 heteroatoms. The summed E-state index contributed by atoms with van der Waals surface area (Å²) < 4.78 is 8.79. The Bertz CT molecular complexity index is 665. The van der Waals surface area contributed by atoms with Gasteiger partial charge in [0.05, 0.1) is 17.2 Å². The van der Waals surface area contributed by atoms with Gasteiger partial charge >= 0.3 is 28.0 Å². The number of hydrogen-bond acceptors (Lipinski definition) is 7. The number of carbonyl (C=O) groups is 4. The zero-order chi connectivity index (χ0) is 16.3. The molecule has 110 valence electrons. The first-order valence-electron chi connectivity index (χ1n) is 6.03. The van der Waals surface area contributed by atoms with E-state index in [0.29, 0.717) is 11.1 Å². The summed E-state index contributed by atoms with van der Waals surface area (Å²) in [6.45, 7) is 0. The fourth-order valence-corrected chi connectivity index (χ4v) is 1.74. The Morgan fingerprint density at radius 3 is 2.00 bits per heavy atom. The number of imide groups is 1. The molecule has 2 rings (SSSR count). The fraction of sp³-hybridized carbons (Fsp3) is 0. The predicted molar refractivity (Wildman–Crippen MR) is 75.4 cm³/mol. The summed E-state index contributed by atoms with van der Waals surface area (Å²) in [7, 11) is 2.15. The molecule has 0 saturated heterocycles. The third kappa shape index (κ3) is 2.71. The van der Waals surface area contributed by atoms with Crippen LogP contribution in [0.25, 0.3) is 0 Å². The van der Waals surface area contributed by atoms with Crippen molar-refractivity contribution in [2.75, 3.05) is 0 Å². The first kappa shape index (κ1) is 15.4. The average molecular weight is 301 g/mol. The molecule has 1 heterocycles. The molecule has 0 unspecified atom stereocenters. The van der Waals surface area contributed by atoms with E-state index < -0.39 is 29.5 Å². The number of fused-ring (bicyclic) bond motifs is 1. The molecule has 0 spiro atoms. The van der Waals surface area contributed by atoms with Crippen molar-refractivity contribution in [2.45, 2.75) is 0 Å². The van der Waals surface area contributed by atoms with Gasteiger partial charge in [0, 0.05) is 0 Å². The van der Waals surface area contributed by atoms with Gasteiger partial charge in [-0.15, -0.1) is 0 Å². The van der Waals surface area contributed by atoms with E-state index in [-0.39, 0.29) is 11.1 Å². The molecule has 0 aliphatic carbocycles. The van der Waals surface area contributed by atoms with E-state index in [2.05, 4.69) is 9.31 Å². The Balaban J connectivity index is 2.31. The Morgan fingerprint density at radius 2 is 1.55 bits per heavy atom. The van der Waals surface area contributed by atoms with E-state index in [0.717, 1.165) is 16.1 Å². The monoisotopic (exact) mass is 301 g/mol. The lowest BCUT2D eigenvalue weighted by atomic mass is 10.1. The quantitative estimate of drug-likeness (QED) is 0.282. The van der Waals surface area contributed by atoms with Crippen LogP contribution in [0.15, 0.2) is 36.1 Å². The van der Waals surface area contributed by atoms with Crippen LogP contribution >= 0.6 is 0 Å². The highest BCUT2D eigenvalue weighted by Crippen LogP contribution is 2.24. The van der Waals surface area contributed by atoms with Crippen molar-refractivity contribution in [3.63, 3.8) is 0 Å². The molecular formula is C12H9B2NO7. The highest BCUT2D eigenvalue weighted by molar-refractivity contribution is 6.20. The van der Waals surface area contributed by atoms with Gasteiger partial charge < -0.3 is 14.1 Å². The van der Waals surface area contributed by atoms with Gasteiger partial charge in [0.1, 0.15) is 0 Å². The van der Waals surface area contributed by atoms with Crippen molar-refractivity contribution in [3.8, 4) is 0 Å². The van der Waals surface area contributed by atoms with E-state index in [9.17, 15) is 19.2 Å². The Morgan fingerprint density at radius 1 is 1.00 bits per heavy atom. The van der Waals surface area contributed by atoms with Crippen molar-refractivity contribution in [3.05, 3.63) is 47.2 Å². The summed E-state index contributed by atoms with van der Waals surface area (Å²) in [4.78, 5) is 51.9. The second-order valence-corrected chi connectivity index (χ2v) is 4.06. The van der Waals surface area contributed by atoms with Gasteiger partial charge in [0.2, 0.25) is 5.76 Å². The summed E-state index contributed by atoms with van der Waals surface area (Å²) in [6, 6.07) is 6.06. The van der Waals surface area contributed by atoms with Gasteiger partial charge in [0.15, 0.2) is 0 Å². The summed E-state index contributed by atoms with van der Waals surface area (Å²) in [5.74, 6) is -4.09. The lowest BCUT2D eigenvalue weighted by Crippen LogP contribution is -2.32. The fourth-order valence-electron chi connectivity index (χ4n) is 1.74. The third-order valence-corrected chi connectivity index (χ3v) is 2.78. The molecule has 1 aromatic carbocycles. The molecule has 0 bridgehead atoms. The molecule has 0 N–H and O–H groups in total. The zero-order valence-electron chi connectivity index (χ0n) is 11.7. The first-order chi connectivity index (χ1) is 10.5. The molecule has 0 atom stereocenters. The number of nitrogens with zero attached hydrogens (tertiary/aromatic N) is 1. The van der Waals surface area contributed by atoms with Crippen molar-refractivity contribution < 1.29 is 33.3 Å². The second kappa shape index (κ2) is 6.17. The summed E-state index contributed by atoms with van der Waals surface area (Å²) in [5.41, 5.74) is 0.268. The summed E-state index contributed by atoms with van der Waals surface area (Å²) >= 11 is 0. The van der Waals surface area contributed by atoms with Gasteiger partial charge in [-0.1, -0.05) is 17.2 Å². The number of hydrogen-bond donors (Lipinski definition) is 0. The molecule has 2 amide bonds. The molecule has 0 aromatic heterocycles. The van der Waals surface area contributed by atoms with Crippen LogP contribution in [0.5, 0.6) is 0 Å². The maximum absolute atomic E-state index is 12.1. The van der Waals surface area contributed by atoms with Crippen molar-refractivity contribution in [2.24, 2.45) is 0 Å². The van der Waals surface area contributed by atoms with Crippen molar-refractivity contribution in [1.29, 1.82) is 0 Å². The lowest BCUT2D eigenvalue weighted by molar-refractivity contribution is -0.141. The van der Waals surface area contributed by atoms with Gasteiger partial charge in [0.25, 0.3) is 11.8 Å². The molecule has 0 radical (unpaired) electrons. The summed E-state index contributed by atoms with van der Waals surface area (Å²) in [6.07, 6.45) is 0.676. The van der Waals surface area contributed by atoms with Crippen LogP contribution in [0.4, 0.5) is 0 Å². The highest BCUT2D eigenvalue weighted by Gasteiger charge is 2.38. The van der Waals surface area contributed by atoms with Crippen LogP contribution in [0.2, 0.25) is 0 Å².